The highest BCUT2D eigenvalue weighted by molar-refractivity contribution is 6.30. The quantitative estimate of drug-likeness (QED) is 0.849. The van der Waals surface area contributed by atoms with Crippen molar-refractivity contribution in [3.05, 3.63) is 70.5 Å². The van der Waals surface area contributed by atoms with E-state index in [4.69, 9.17) is 11.6 Å². The molecule has 0 aromatic heterocycles. The molecule has 6 heteroatoms. The summed E-state index contributed by atoms with van der Waals surface area (Å²) in [5.41, 5.74) is 5.33. The molecule has 0 bridgehead atoms. The summed E-state index contributed by atoms with van der Waals surface area (Å²) >= 11 is 5.86. The molecular formula is C17H14ClFN2O2. The van der Waals surface area contributed by atoms with Crippen LogP contribution in [0.4, 0.5) is 4.39 Å². The molecule has 0 unspecified atom stereocenters. The highest BCUT2D eigenvalue weighted by Crippen LogP contribution is 2.48. The van der Waals surface area contributed by atoms with Gasteiger partial charge >= 0.3 is 0 Å². The number of amides is 2. The van der Waals surface area contributed by atoms with Gasteiger partial charge in [-0.2, -0.15) is 0 Å². The van der Waals surface area contributed by atoms with Gasteiger partial charge in [0.05, 0.1) is 5.41 Å². The number of hydrazine groups is 1. The summed E-state index contributed by atoms with van der Waals surface area (Å²) in [5, 5.41) is 0.606. The molecule has 1 aliphatic carbocycles. The minimum absolute atomic E-state index is 0.267. The SMILES string of the molecule is O=C(NNC(=O)C1(c2ccc(Cl)cc2)CC1)c1ccc(F)cc1. The van der Waals surface area contributed by atoms with Gasteiger partial charge < -0.3 is 0 Å². The second-order valence-electron chi connectivity index (χ2n) is 5.50. The van der Waals surface area contributed by atoms with Crippen LogP contribution in [0.1, 0.15) is 28.8 Å². The Morgan fingerprint density at radius 2 is 1.57 bits per heavy atom. The summed E-state index contributed by atoms with van der Waals surface area (Å²) in [4.78, 5) is 24.3. The zero-order valence-corrected chi connectivity index (χ0v) is 12.9. The van der Waals surface area contributed by atoms with Gasteiger partial charge in [-0.3, -0.25) is 20.4 Å². The second kappa shape index (κ2) is 6.01. The third kappa shape index (κ3) is 3.19. The van der Waals surface area contributed by atoms with Crippen LogP contribution in [0.2, 0.25) is 5.02 Å². The second-order valence-corrected chi connectivity index (χ2v) is 5.94. The molecule has 23 heavy (non-hydrogen) atoms. The molecule has 0 spiro atoms. The van der Waals surface area contributed by atoms with Crippen LogP contribution in [-0.4, -0.2) is 11.8 Å². The first kappa shape index (κ1) is 15.5. The smallest absolute Gasteiger partial charge is 0.269 e. The zero-order chi connectivity index (χ0) is 16.4. The predicted octanol–water partition coefficient (Wildman–Crippen LogP) is 2.97. The monoisotopic (exact) mass is 332 g/mol. The predicted molar refractivity (Wildman–Crippen MR) is 84.4 cm³/mol. The first-order valence-electron chi connectivity index (χ1n) is 7.14. The summed E-state index contributed by atoms with van der Waals surface area (Å²) < 4.78 is 12.8. The van der Waals surface area contributed by atoms with Gasteiger partial charge in [0.2, 0.25) is 5.91 Å². The van der Waals surface area contributed by atoms with Gasteiger partial charge in [0, 0.05) is 10.6 Å². The van der Waals surface area contributed by atoms with Crippen molar-refractivity contribution in [2.45, 2.75) is 18.3 Å². The van der Waals surface area contributed by atoms with Crippen LogP contribution in [-0.2, 0) is 10.2 Å². The van der Waals surface area contributed by atoms with Crippen LogP contribution in [0.15, 0.2) is 48.5 Å². The molecule has 1 aliphatic rings. The Morgan fingerprint density at radius 1 is 0.957 bits per heavy atom. The van der Waals surface area contributed by atoms with Crippen molar-refractivity contribution in [1.29, 1.82) is 0 Å². The molecular weight excluding hydrogens is 319 g/mol. The van der Waals surface area contributed by atoms with Crippen molar-refractivity contribution >= 4 is 23.4 Å². The summed E-state index contributed by atoms with van der Waals surface area (Å²) in [6, 6.07) is 12.2. The van der Waals surface area contributed by atoms with Crippen molar-refractivity contribution in [3.8, 4) is 0 Å². The van der Waals surface area contributed by atoms with E-state index in [1.807, 2.05) is 12.1 Å². The van der Waals surface area contributed by atoms with E-state index in [1.165, 1.54) is 24.3 Å². The third-order valence-corrected chi connectivity index (χ3v) is 4.23. The Morgan fingerprint density at radius 3 is 2.13 bits per heavy atom. The van der Waals surface area contributed by atoms with Crippen LogP contribution >= 0.6 is 11.6 Å². The molecule has 1 fully saturated rings. The number of hydrogen-bond acceptors (Lipinski definition) is 2. The summed E-state index contributed by atoms with van der Waals surface area (Å²) in [5.74, 6) is -1.19. The van der Waals surface area contributed by atoms with Gasteiger partial charge in [0.15, 0.2) is 0 Å². The maximum Gasteiger partial charge on any atom is 0.269 e. The van der Waals surface area contributed by atoms with Gasteiger partial charge in [0.1, 0.15) is 5.82 Å². The molecule has 2 aromatic carbocycles. The van der Waals surface area contributed by atoms with Crippen LogP contribution in [0.5, 0.6) is 0 Å². The maximum atomic E-state index is 12.8. The lowest BCUT2D eigenvalue weighted by atomic mass is 9.95. The first-order chi connectivity index (χ1) is 11.0. The van der Waals surface area contributed by atoms with Crippen molar-refractivity contribution in [1.82, 2.24) is 10.9 Å². The molecule has 2 aromatic rings. The summed E-state index contributed by atoms with van der Waals surface area (Å²) in [7, 11) is 0. The molecule has 2 amide bonds. The lowest BCUT2D eigenvalue weighted by Crippen LogP contribution is -2.46. The number of hydrogen-bond donors (Lipinski definition) is 2. The van der Waals surface area contributed by atoms with Gasteiger partial charge in [-0.1, -0.05) is 23.7 Å². The van der Waals surface area contributed by atoms with Crippen LogP contribution in [0, 0.1) is 5.82 Å². The number of benzene rings is 2. The number of halogens is 2. The Hall–Kier alpha value is -2.40. The zero-order valence-electron chi connectivity index (χ0n) is 12.1. The number of carbonyl (C=O) groups excluding carboxylic acids is 2. The fourth-order valence-electron chi connectivity index (χ4n) is 2.45. The molecule has 0 saturated heterocycles. The molecule has 118 valence electrons. The molecule has 0 aliphatic heterocycles. The number of carbonyl (C=O) groups is 2. The number of nitrogens with one attached hydrogen (secondary N) is 2. The van der Waals surface area contributed by atoms with Crippen molar-refractivity contribution in [2.24, 2.45) is 0 Å². The Labute approximate surface area is 137 Å². The van der Waals surface area contributed by atoms with Crippen LogP contribution in [0.3, 0.4) is 0 Å². The lowest BCUT2D eigenvalue weighted by molar-refractivity contribution is -0.124. The van der Waals surface area contributed by atoms with E-state index < -0.39 is 17.1 Å². The van der Waals surface area contributed by atoms with E-state index in [2.05, 4.69) is 10.9 Å². The van der Waals surface area contributed by atoms with Gasteiger partial charge in [0.25, 0.3) is 5.91 Å². The maximum absolute atomic E-state index is 12.8. The van der Waals surface area contributed by atoms with Crippen LogP contribution in [0.25, 0.3) is 0 Å². The molecule has 0 radical (unpaired) electrons. The first-order valence-corrected chi connectivity index (χ1v) is 7.51. The lowest BCUT2D eigenvalue weighted by Gasteiger charge is -2.16. The molecule has 0 atom stereocenters. The molecule has 4 nitrogen and oxygen atoms in total. The highest BCUT2D eigenvalue weighted by atomic mass is 35.5. The van der Waals surface area contributed by atoms with E-state index in [9.17, 15) is 14.0 Å². The third-order valence-electron chi connectivity index (χ3n) is 3.98. The molecule has 0 heterocycles. The largest absolute Gasteiger partial charge is 0.272 e. The van der Waals surface area contributed by atoms with E-state index >= 15 is 0 Å². The van der Waals surface area contributed by atoms with E-state index in [0.717, 1.165) is 5.56 Å². The molecule has 1 saturated carbocycles. The fourth-order valence-corrected chi connectivity index (χ4v) is 2.57. The van der Waals surface area contributed by atoms with Crippen LogP contribution < -0.4 is 10.9 Å². The normalized spacial score (nSPS) is 14.9. The van der Waals surface area contributed by atoms with Gasteiger partial charge in [-0.15, -0.1) is 0 Å². The molecule has 3 rings (SSSR count). The average molecular weight is 333 g/mol. The van der Waals surface area contributed by atoms with Crippen molar-refractivity contribution < 1.29 is 14.0 Å². The average Bonchev–Trinajstić information content (AvgIpc) is 3.35. The Balaban J connectivity index is 1.64. The Bertz CT molecular complexity index is 740. The van der Waals surface area contributed by atoms with E-state index in [0.29, 0.717) is 17.9 Å². The standard InChI is InChI=1S/C17H14ClFN2O2/c18-13-5-3-12(4-6-13)17(9-10-17)16(23)21-20-15(22)11-1-7-14(19)8-2-11/h1-8H,9-10H2,(H,20,22)(H,21,23). The van der Waals surface area contributed by atoms with Crippen molar-refractivity contribution in [2.75, 3.05) is 0 Å². The van der Waals surface area contributed by atoms with Gasteiger partial charge in [-0.25, -0.2) is 4.39 Å². The Kier molecular flexibility index (Phi) is 4.05. The fraction of sp³-hybridized carbons (Fsp3) is 0.176. The molecule has 2 N–H and O–H groups in total. The minimum atomic E-state index is -0.610. The van der Waals surface area contributed by atoms with E-state index in [1.54, 1.807) is 12.1 Å². The summed E-state index contributed by atoms with van der Waals surface area (Å²) in [6.45, 7) is 0. The van der Waals surface area contributed by atoms with Gasteiger partial charge in [-0.05, 0) is 54.8 Å². The van der Waals surface area contributed by atoms with E-state index in [-0.39, 0.29) is 11.5 Å². The minimum Gasteiger partial charge on any atom is -0.272 e. The van der Waals surface area contributed by atoms with Crippen molar-refractivity contribution in [3.63, 3.8) is 0 Å². The number of rotatable bonds is 3. The summed E-state index contributed by atoms with van der Waals surface area (Å²) in [6.07, 6.45) is 1.43. The highest BCUT2D eigenvalue weighted by Gasteiger charge is 2.51. The topological polar surface area (TPSA) is 58.2 Å².